The van der Waals surface area contributed by atoms with E-state index in [0.29, 0.717) is 28.6 Å². The van der Waals surface area contributed by atoms with Gasteiger partial charge in [0.15, 0.2) is 0 Å². The molecule has 0 saturated heterocycles. The maximum Gasteiger partial charge on any atom is 0.416 e. The first-order valence-corrected chi connectivity index (χ1v) is 14.7. The number of methoxy groups -OCH3 is 1. The van der Waals surface area contributed by atoms with Crippen molar-refractivity contribution >= 4 is 24.1 Å². The van der Waals surface area contributed by atoms with Crippen molar-refractivity contribution in [3.8, 4) is 6.07 Å². The molecule has 1 atom stereocenters. The summed E-state index contributed by atoms with van der Waals surface area (Å²) in [6, 6.07) is 20.8. The van der Waals surface area contributed by atoms with Gasteiger partial charge in [0.2, 0.25) is 5.95 Å². The number of aromatic amines is 1. The molecule has 48 heavy (non-hydrogen) atoms. The first kappa shape index (κ1) is 35.2. The fraction of sp³-hybridized carbons (Fsp3) is 0.265. The molecule has 2 heterocycles. The number of ether oxygens (including phenoxy) is 1. The lowest BCUT2D eigenvalue weighted by molar-refractivity contribution is -0.903. The molecule has 1 aromatic heterocycles. The average Bonchev–Trinajstić information content (AvgIpc) is 3.43. The molecule has 11 nitrogen and oxygen atoms in total. The van der Waals surface area contributed by atoms with Gasteiger partial charge in [-0.15, -0.1) is 5.10 Å². The Labute approximate surface area is 274 Å². The Bertz CT molecular complexity index is 1930. The van der Waals surface area contributed by atoms with Gasteiger partial charge in [-0.2, -0.15) is 18.4 Å². The number of anilines is 2. The molecular formula is C34H34F3N6O5+. The Morgan fingerprint density at radius 2 is 1.81 bits per heavy atom. The summed E-state index contributed by atoms with van der Waals surface area (Å²) in [5, 5.41) is 23.2. The maximum atomic E-state index is 13.7. The van der Waals surface area contributed by atoms with Crippen molar-refractivity contribution in [2.24, 2.45) is 0 Å². The van der Waals surface area contributed by atoms with Crippen molar-refractivity contribution < 1.29 is 37.1 Å². The number of nitriles is 1. The fourth-order valence-electron chi connectivity index (χ4n) is 5.82. The zero-order valence-electron chi connectivity index (χ0n) is 26.7. The quantitative estimate of drug-likeness (QED) is 0.150. The van der Waals surface area contributed by atoms with Crippen LogP contribution in [0.1, 0.15) is 40.8 Å². The van der Waals surface area contributed by atoms with E-state index in [1.54, 1.807) is 25.1 Å². The summed E-state index contributed by atoms with van der Waals surface area (Å²) >= 11 is 0. The molecule has 0 saturated carbocycles. The predicted molar refractivity (Wildman–Crippen MR) is 170 cm³/mol. The number of aromatic nitrogens is 3. The van der Waals surface area contributed by atoms with Gasteiger partial charge in [0, 0.05) is 23.4 Å². The topological polar surface area (TPSA) is 141 Å². The summed E-state index contributed by atoms with van der Waals surface area (Å²) in [6.07, 6.45) is -4.12. The standard InChI is InChI=1S/C33H31F3N6O3.CH2O2/c1-21-28(30(43)45-4)29(41-31(38-39-32(41)44)40(21)26-12-8-11-25(18-26)33(34,35)36)27-14-13-23(19-37)17-24(27)15-16-42(2,3)20-22-9-6-5-7-10-22;2-1-3/h5-14,17-18,29H,15-16,20H2,1-4H3;1H,(H,2,3)/p+1/t29-;/m1./s1. The third-order valence-corrected chi connectivity index (χ3v) is 7.99. The number of esters is 1. The minimum Gasteiger partial charge on any atom is -0.483 e. The zero-order chi connectivity index (χ0) is 35.2. The molecular weight excluding hydrogens is 629 g/mol. The van der Waals surface area contributed by atoms with E-state index in [2.05, 4.69) is 42.5 Å². The van der Waals surface area contributed by atoms with Crippen molar-refractivity contribution in [3.05, 3.63) is 122 Å². The van der Waals surface area contributed by atoms with Crippen LogP contribution in [0.5, 0.6) is 0 Å². The molecule has 0 radical (unpaired) electrons. The molecule has 250 valence electrons. The highest BCUT2D eigenvalue weighted by Crippen LogP contribution is 2.43. The summed E-state index contributed by atoms with van der Waals surface area (Å²) in [6.45, 7) is 2.73. The third-order valence-electron chi connectivity index (χ3n) is 7.99. The molecule has 2 N–H and O–H groups in total. The van der Waals surface area contributed by atoms with Crippen molar-refractivity contribution in [1.29, 1.82) is 5.26 Å². The molecule has 0 bridgehead atoms. The Morgan fingerprint density at radius 1 is 1.12 bits per heavy atom. The van der Waals surface area contributed by atoms with E-state index < -0.39 is 29.4 Å². The molecule has 5 rings (SSSR count). The molecule has 3 aromatic carbocycles. The van der Waals surface area contributed by atoms with Gasteiger partial charge in [0.25, 0.3) is 6.47 Å². The Morgan fingerprint density at radius 3 is 2.44 bits per heavy atom. The van der Waals surface area contributed by atoms with E-state index in [0.717, 1.165) is 29.8 Å². The van der Waals surface area contributed by atoms with Gasteiger partial charge >= 0.3 is 17.8 Å². The van der Waals surface area contributed by atoms with Gasteiger partial charge in [-0.3, -0.25) is 9.69 Å². The van der Waals surface area contributed by atoms with E-state index in [-0.39, 0.29) is 29.4 Å². The summed E-state index contributed by atoms with van der Waals surface area (Å²) in [7, 11) is 5.39. The van der Waals surface area contributed by atoms with Crippen LogP contribution < -0.4 is 10.6 Å². The number of alkyl halides is 3. The second-order valence-electron chi connectivity index (χ2n) is 11.7. The first-order chi connectivity index (χ1) is 22.8. The van der Waals surface area contributed by atoms with Crippen LogP contribution in [0.4, 0.5) is 24.8 Å². The lowest BCUT2D eigenvalue weighted by Crippen LogP contribution is -2.41. The monoisotopic (exact) mass is 663 g/mol. The molecule has 0 spiro atoms. The smallest absolute Gasteiger partial charge is 0.416 e. The van der Waals surface area contributed by atoms with Crippen LogP contribution >= 0.6 is 0 Å². The summed E-state index contributed by atoms with van der Waals surface area (Å²) in [4.78, 5) is 36.5. The van der Waals surface area contributed by atoms with Gasteiger partial charge in [-0.1, -0.05) is 42.5 Å². The van der Waals surface area contributed by atoms with Gasteiger partial charge in [-0.25, -0.2) is 19.3 Å². The van der Waals surface area contributed by atoms with E-state index in [4.69, 9.17) is 14.6 Å². The summed E-state index contributed by atoms with van der Waals surface area (Å²) in [5.74, 6) is -0.756. The van der Waals surface area contributed by atoms with Crippen LogP contribution in [-0.4, -0.2) is 64.5 Å². The number of nitrogens with one attached hydrogen (secondary N) is 1. The highest BCUT2D eigenvalue weighted by Gasteiger charge is 2.41. The molecule has 0 unspecified atom stereocenters. The van der Waals surface area contributed by atoms with Gasteiger partial charge in [0.05, 0.1) is 50.5 Å². The number of carbonyl (C=O) groups excluding carboxylic acids is 1. The van der Waals surface area contributed by atoms with E-state index in [1.165, 1.54) is 28.7 Å². The van der Waals surface area contributed by atoms with Crippen LogP contribution in [0.3, 0.4) is 0 Å². The summed E-state index contributed by atoms with van der Waals surface area (Å²) in [5.41, 5.74) is 1.66. The van der Waals surface area contributed by atoms with Crippen molar-refractivity contribution in [2.45, 2.75) is 32.1 Å². The van der Waals surface area contributed by atoms with Crippen molar-refractivity contribution in [1.82, 2.24) is 14.8 Å². The number of rotatable bonds is 8. The first-order valence-electron chi connectivity index (χ1n) is 14.7. The minimum absolute atomic E-state index is 0.00461. The molecule has 4 aromatic rings. The molecule has 0 amide bonds. The highest BCUT2D eigenvalue weighted by atomic mass is 19.4. The number of nitrogens with zero attached hydrogens (tertiary/aromatic N) is 5. The van der Waals surface area contributed by atoms with Crippen LogP contribution in [-0.2, 0) is 33.5 Å². The molecule has 0 fully saturated rings. The number of hydrogen-bond donors (Lipinski definition) is 2. The number of hydrogen-bond acceptors (Lipinski definition) is 7. The van der Waals surface area contributed by atoms with Crippen LogP contribution in [0.25, 0.3) is 0 Å². The number of fused-ring (bicyclic) bond motifs is 1. The van der Waals surface area contributed by atoms with Crippen LogP contribution in [0.2, 0.25) is 0 Å². The van der Waals surface area contributed by atoms with Gasteiger partial charge < -0.3 is 14.3 Å². The van der Waals surface area contributed by atoms with E-state index in [9.17, 15) is 28.0 Å². The number of carboxylic acid groups (broad SMARTS) is 1. The Hall–Kier alpha value is -5.68. The number of benzene rings is 3. The van der Waals surface area contributed by atoms with E-state index >= 15 is 0 Å². The Kier molecular flexibility index (Phi) is 10.5. The molecule has 0 aliphatic carbocycles. The molecule has 14 heteroatoms. The van der Waals surface area contributed by atoms with Crippen LogP contribution in [0, 0.1) is 11.3 Å². The lowest BCUT2D eigenvalue weighted by Gasteiger charge is -2.36. The second-order valence-corrected chi connectivity index (χ2v) is 11.7. The average molecular weight is 664 g/mol. The Balaban J connectivity index is 0.00000167. The summed E-state index contributed by atoms with van der Waals surface area (Å²) < 4.78 is 48.0. The number of quaternary nitrogens is 1. The van der Waals surface area contributed by atoms with Gasteiger partial charge in [-0.05, 0) is 48.4 Å². The number of carbonyl (C=O) groups is 2. The maximum absolute atomic E-state index is 13.7. The molecule has 1 aliphatic heterocycles. The number of likely N-dealkylation sites (N-methyl/N-ethyl adjacent to an activating group) is 1. The number of H-pyrrole nitrogens is 1. The van der Waals surface area contributed by atoms with Gasteiger partial charge in [0.1, 0.15) is 12.6 Å². The van der Waals surface area contributed by atoms with Crippen molar-refractivity contribution in [2.75, 3.05) is 32.6 Å². The minimum atomic E-state index is -4.62. The highest BCUT2D eigenvalue weighted by molar-refractivity contribution is 5.93. The normalized spacial score (nSPS) is 14.4. The van der Waals surface area contributed by atoms with Crippen LogP contribution in [0.15, 0.2) is 88.9 Å². The largest absolute Gasteiger partial charge is 0.483 e. The second kappa shape index (κ2) is 14.4. The number of allylic oxidation sites excluding steroid dienone is 1. The predicted octanol–water partition coefficient (Wildman–Crippen LogP) is 5.17. The fourth-order valence-corrected chi connectivity index (χ4v) is 5.82. The third kappa shape index (κ3) is 7.48. The van der Waals surface area contributed by atoms with Crippen molar-refractivity contribution in [3.63, 3.8) is 0 Å². The lowest BCUT2D eigenvalue weighted by atomic mass is 9.89. The molecule has 1 aliphatic rings. The SMILES string of the molecule is COC(=O)C1=C(C)N(c2cccc(C(F)(F)F)c2)c2n[nH]c(=O)n2[C@@H]1c1ccc(C#N)cc1CC[N+](C)(C)Cc1ccccc1.O=CO. The zero-order valence-corrected chi connectivity index (χ0v) is 26.7. The van der Waals surface area contributed by atoms with E-state index in [1.807, 2.05) is 18.2 Å². The number of halogens is 3.